The van der Waals surface area contributed by atoms with Crippen LogP contribution < -0.4 is 9.80 Å². The van der Waals surface area contributed by atoms with E-state index in [2.05, 4.69) is 33.8 Å². The molecule has 9 nitrogen and oxygen atoms in total. The van der Waals surface area contributed by atoms with Gasteiger partial charge in [-0.2, -0.15) is 0 Å². The Balaban J connectivity index is 1.57. The number of carbonyl (C=O) groups is 1. The fourth-order valence-corrected chi connectivity index (χ4v) is 5.18. The number of hydrogen-bond acceptors (Lipinski definition) is 7. The summed E-state index contributed by atoms with van der Waals surface area (Å²) < 4.78 is 22.6. The van der Waals surface area contributed by atoms with Crippen LogP contribution in [0, 0.1) is 5.82 Å². The number of imidazole rings is 1. The average Bonchev–Trinajstić information content (AvgIpc) is 3.39. The van der Waals surface area contributed by atoms with E-state index in [0.717, 1.165) is 44.0 Å². The van der Waals surface area contributed by atoms with Gasteiger partial charge in [0.1, 0.15) is 16.9 Å². The lowest BCUT2D eigenvalue weighted by molar-refractivity contribution is 0.0576. The number of ether oxygens (including phenoxy) is 1. The molecule has 11 heteroatoms. The van der Waals surface area contributed by atoms with Crippen molar-refractivity contribution in [3.8, 4) is 11.4 Å². The quantitative estimate of drug-likeness (QED) is 0.246. The summed E-state index contributed by atoms with van der Waals surface area (Å²) in [6.45, 7) is 15.0. The first-order valence-corrected chi connectivity index (χ1v) is 14.7. The number of anilines is 2. The lowest BCUT2D eigenvalue weighted by Crippen LogP contribution is -2.46. The van der Waals surface area contributed by atoms with Gasteiger partial charge < -0.3 is 19.1 Å². The molecule has 0 unspecified atom stereocenters. The number of piperazine rings is 1. The molecule has 42 heavy (non-hydrogen) atoms. The minimum atomic E-state index is -0.785. The zero-order valence-corrected chi connectivity index (χ0v) is 25.5. The van der Waals surface area contributed by atoms with E-state index in [4.69, 9.17) is 26.3 Å². The molecule has 0 bridgehead atoms. The molecule has 0 radical (unpaired) electrons. The molecule has 0 aliphatic carbocycles. The highest BCUT2D eigenvalue weighted by Crippen LogP contribution is 2.31. The van der Waals surface area contributed by atoms with E-state index in [-0.39, 0.29) is 22.9 Å². The molecule has 3 heterocycles. The third-order valence-corrected chi connectivity index (χ3v) is 7.55. The van der Waals surface area contributed by atoms with Gasteiger partial charge in [0.25, 0.3) is 0 Å². The molecular formula is C31H37ClFN7O2. The molecule has 0 atom stereocenters. The number of nitrogens with zero attached hydrogens (tertiary/aromatic N) is 7. The highest BCUT2D eigenvalue weighted by molar-refractivity contribution is 6.30. The second kappa shape index (κ2) is 12.2. The Morgan fingerprint density at radius 1 is 1.02 bits per heavy atom. The van der Waals surface area contributed by atoms with Gasteiger partial charge in [0.2, 0.25) is 0 Å². The molecule has 1 fully saturated rings. The van der Waals surface area contributed by atoms with Gasteiger partial charge in [-0.1, -0.05) is 24.6 Å². The van der Waals surface area contributed by atoms with Gasteiger partial charge in [0.05, 0.1) is 12.9 Å². The molecule has 1 aliphatic rings. The second-order valence-corrected chi connectivity index (χ2v) is 11.8. The Hall–Kier alpha value is -3.76. The van der Waals surface area contributed by atoms with Crippen molar-refractivity contribution in [2.45, 2.75) is 53.3 Å². The van der Waals surface area contributed by atoms with Gasteiger partial charge in [-0.3, -0.25) is 4.90 Å². The average molecular weight is 594 g/mol. The molecule has 1 saturated heterocycles. The number of amides is 1. The number of benzene rings is 2. The smallest absolute Gasteiger partial charge is 0.416 e. The molecule has 0 N–H and O–H groups in total. The standard InChI is InChI=1S/C31H37ClFN7O2/c1-6-37-14-16-39(17-15-37)24-12-9-21(10-13-24)27-35-28-26(38(7-2)20-34-28)29(36-27)40(30(41)42-31(3,4)5)19-22-8-11-23(32)18-25(22)33/h8-13,18,20H,6-7,14-17,19H2,1-5H3. The van der Waals surface area contributed by atoms with E-state index in [1.165, 1.54) is 11.0 Å². The summed E-state index contributed by atoms with van der Waals surface area (Å²) in [4.78, 5) is 34.0. The summed E-state index contributed by atoms with van der Waals surface area (Å²) in [5, 5.41) is 0.270. The Bertz CT molecular complexity index is 1560. The van der Waals surface area contributed by atoms with Gasteiger partial charge in [0, 0.05) is 54.6 Å². The van der Waals surface area contributed by atoms with E-state index in [1.54, 1.807) is 39.2 Å². The number of likely N-dealkylation sites (N-methyl/N-ethyl adjacent to an activating group) is 1. The van der Waals surface area contributed by atoms with Crippen molar-refractivity contribution in [3.63, 3.8) is 0 Å². The van der Waals surface area contributed by atoms with Gasteiger partial charge in [-0.25, -0.2) is 24.1 Å². The lowest BCUT2D eigenvalue weighted by atomic mass is 10.1. The maximum Gasteiger partial charge on any atom is 0.416 e. The summed E-state index contributed by atoms with van der Waals surface area (Å²) >= 11 is 6.00. The fourth-order valence-electron chi connectivity index (χ4n) is 5.02. The number of aromatic nitrogens is 4. The van der Waals surface area contributed by atoms with Crippen LogP contribution in [0.2, 0.25) is 5.02 Å². The van der Waals surface area contributed by atoms with Crippen molar-refractivity contribution in [1.82, 2.24) is 24.4 Å². The first-order chi connectivity index (χ1) is 20.1. The van der Waals surface area contributed by atoms with Crippen LogP contribution in [-0.2, 0) is 17.8 Å². The Morgan fingerprint density at radius 3 is 2.36 bits per heavy atom. The van der Waals surface area contributed by atoms with Crippen LogP contribution in [0.1, 0.15) is 40.2 Å². The van der Waals surface area contributed by atoms with E-state index in [0.29, 0.717) is 23.5 Å². The van der Waals surface area contributed by atoms with Crippen LogP contribution in [0.25, 0.3) is 22.6 Å². The summed E-state index contributed by atoms with van der Waals surface area (Å²) in [5.41, 5.74) is 2.40. The van der Waals surface area contributed by atoms with Crippen LogP contribution >= 0.6 is 11.6 Å². The molecule has 0 spiro atoms. The number of aryl methyl sites for hydroxylation is 1. The fraction of sp³-hybridized carbons (Fsp3) is 0.419. The minimum absolute atomic E-state index is 0.124. The van der Waals surface area contributed by atoms with Crippen molar-refractivity contribution in [3.05, 3.63) is 65.2 Å². The Morgan fingerprint density at radius 2 is 1.74 bits per heavy atom. The van der Waals surface area contributed by atoms with Crippen molar-refractivity contribution in [2.24, 2.45) is 0 Å². The second-order valence-electron chi connectivity index (χ2n) is 11.3. The maximum absolute atomic E-state index is 15.0. The van der Waals surface area contributed by atoms with Crippen LogP contribution in [0.4, 0.5) is 20.7 Å². The lowest BCUT2D eigenvalue weighted by Gasteiger charge is -2.35. The minimum Gasteiger partial charge on any atom is -0.443 e. The van der Waals surface area contributed by atoms with Gasteiger partial charge in [0.15, 0.2) is 17.3 Å². The van der Waals surface area contributed by atoms with Crippen molar-refractivity contribution >= 4 is 40.4 Å². The number of carbonyl (C=O) groups excluding carboxylic acids is 1. The number of hydrogen-bond donors (Lipinski definition) is 0. The molecule has 1 aliphatic heterocycles. The van der Waals surface area contributed by atoms with E-state index >= 15 is 0 Å². The van der Waals surface area contributed by atoms with Crippen molar-refractivity contribution in [2.75, 3.05) is 42.5 Å². The first kappa shape index (κ1) is 29.7. The Labute approximate surface area is 250 Å². The van der Waals surface area contributed by atoms with Gasteiger partial charge >= 0.3 is 6.09 Å². The zero-order chi connectivity index (χ0) is 30.0. The third-order valence-electron chi connectivity index (χ3n) is 7.32. The highest BCUT2D eigenvalue weighted by atomic mass is 35.5. The molecule has 2 aromatic heterocycles. The van der Waals surface area contributed by atoms with Gasteiger partial charge in [-0.15, -0.1) is 0 Å². The largest absolute Gasteiger partial charge is 0.443 e. The molecule has 1 amide bonds. The normalized spacial score (nSPS) is 14.4. The SMILES string of the molecule is CCN1CCN(c2ccc(-c3nc(N(Cc4ccc(Cl)cc4F)C(=O)OC(C)(C)C)c4c(ncn4CC)n3)cc2)CC1. The molecular weight excluding hydrogens is 557 g/mol. The monoisotopic (exact) mass is 593 g/mol. The molecule has 5 rings (SSSR count). The van der Waals surface area contributed by atoms with Crippen molar-refractivity contribution < 1.29 is 13.9 Å². The first-order valence-electron chi connectivity index (χ1n) is 14.3. The van der Waals surface area contributed by atoms with Crippen LogP contribution in [-0.4, -0.2) is 68.8 Å². The predicted octanol–water partition coefficient (Wildman–Crippen LogP) is 6.39. The molecule has 222 valence electrons. The summed E-state index contributed by atoms with van der Waals surface area (Å²) in [6, 6.07) is 12.5. The predicted molar refractivity (Wildman–Crippen MR) is 165 cm³/mol. The maximum atomic E-state index is 15.0. The van der Waals surface area contributed by atoms with Crippen LogP contribution in [0.3, 0.4) is 0 Å². The van der Waals surface area contributed by atoms with Crippen LogP contribution in [0.5, 0.6) is 0 Å². The van der Waals surface area contributed by atoms with Crippen molar-refractivity contribution in [1.29, 1.82) is 0 Å². The molecule has 4 aromatic rings. The van der Waals surface area contributed by atoms with E-state index in [9.17, 15) is 9.18 Å². The molecule has 0 saturated carbocycles. The topological polar surface area (TPSA) is 79.6 Å². The summed E-state index contributed by atoms with van der Waals surface area (Å²) in [6.07, 6.45) is 1.01. The van der Waals surface area contributed by atoms with E-state index in [1.807, 2.05) is 23.6 Å². The van der Waals surface area contributed by atoms with Gasteiger partial charge in [-0.05, 0) is 70.6 Å². The number of rotatable bonds is 7. The Kier molecular flexibility index (Phi) is 8.65. The summed E-state index contributed by atoms with van der Waals surface area (Å²) in [7, 11) is 0. The number of halogens is 2. The summed E-state index contributed by atoms with van der Waals surface area (Å²) in [5.74, 6) is 0.171. The van der Waals surface area contributed by atoms with Crippen LogP contribution in [0.15, 0.2) is 48.8 Å². The zero-order valence-electron chi connectivity index (χ0n) is 24.8. The molecule has 2 aromatic carbocycles. The van der Waals surface area contributed by atoms with E-state index < -0.39 is 17.5 Å². The highest BCUT2D eigenvalue weighted by Gasteiger charge is 2.29. The third kappa shape index (κ3) is 6.50. The number of fused-ring (bicyclic) bond motifs is 1.